The van der Waals surface area contributed by atoms with E-state index in [0.717, 1.165) is 41.8 Å². The molecule has 1 aliphatic heterocycles. The van der Waals surface area contributed by atoms with E-state index in [-0.39, 0.29) is 18.1 Å². The van der Waals surface area contributed by atoms with Gasteiger partial charge in [0.05, 0.1) is 24.0 Å². The summed E-state index contributed by atoms with van der Waals surface area (Å²) in [6.45, 7) is 4.76. The van der Waals surface area contributed by atoms with Gasteiger partial charge in [0, 0.05) is 50.3 Å². The molecule has 0 spiro atoms. The molecule has 1 saturated heterocycles. The lowest BCUT2D eigenvalue weighted by Crippen LogP contribution is -2.42. The van der Waals surface area contributed by atoms with E-state index in [2.05, 4.69) is 25.8 Å². The van der Waals surface area contributed by atoms with Gasteiger partial charge in [0.25, 0.3) is 0 Å². The number of carbonyl (C=O) groups is 2. The smallest absolute Gasteiger partial charge is 0.321 e. The van der Waals surface area contributed by atoms with Crippen LogP contribution in [0.5, 0.6) is 5.75 Å². The lowest BCUT2D eigenvalue weighted by molar-refractivity contribution is 0.202. The molecule has 2 heterocycles. The third kappa shape index (κ3) is 5.99. The van der Waals surface area contributed by atoms with Gasteiger partial charge in [-0.2, -0.15) is 0 Å². The van der Waals surface area contributed by atoms with E-state index in [0.29, 0.717) is 24.5 Å². The molecule has 3 N–H and O–H groups in total. The van der Waals surface area contributed by atoms with E-state index in [9.17, 15) is 9.59 Å². The second-order valence-corrected chi connectivity index (χ2v) is 8.69. The molecule has 0 aliphatic carbocycles. The van der Waals surface area contributed by atoms with E-state index in [1.807, 2.05) is 68.6 Å². The van der Waals surface area contributed by atoms with Crippen LogP contribution in [0.2, 0.25) is 0 Å². The van der Waals surface area contributed by atoms with Crippen LogP contribution in [0.15, 0.2) is 54.6 Å². The van der Waals surface area contributed by atoms with Gasteiger partial charge in [0.1, 0.15) is 5.75 Å². The van der Waals surface area contributed by atoms with Crippen molar-refractivity contribution in [3.8, 4) is 5.75 Å². The van der Waals surface area contributed by atoms with Crippen LogP contribution in [-0.4, -0.2) is 73.2 Å². The standard InChI is InChI=1S/C26H32N6O3/c1-18-16-23(20-8-4-5-9-21(20)28-18)29-25(33)27-13-15-32-14-12-19(17-32)31(2)26(34)30-22-10-6-7-11-24(22)35-3/h4-11,16,19H,12-15,17H2,1-3H3,(H,30,34)(H2,27,28,29,33). The zero-order chi connectivity index (χ0) is 24.8. The van der Waals surface area contributed by atoms with Crippen molar-refractivity contribution in [1.29, 1.82) is 0 Å². The molecule has 2 aromatic carbocycles. The second kappa shape index (κ2) is 11.1. The molecule has 35 heavy (non-hydrogen) atoms. The Morgan fingerprint density at radius 3 is 2.71 bits per heavy atom. The van der Waals surface area contributed by atoms with Gasteiger partial charge in [-0.1, -0.05) is 30.3 Å². The molecule has 184 valence electrons. The third-order valence-electron chi connectivity index (χ3n) is 6.27. The van der Waals surface area contributed by atoms with E-state index < -0.39 is 0 Å². The van der Waals surface area contributed by atoms with E-state index in [4.69, 9.17) is 4.74 Å². The molecule has 0 radical (unpaired) electrons. The number of hydrogen-bond acceptors (Lipinski definition) is 5. The SMILES string of the molecule is COc1ccccc1NC(=O)N(C)C1CCN(CCNC(=O)Nc2cc(C)nc3ccccc23)C1. The molecular formula is C26H32N6O3. The predicted molar refractivity (Wildman–Crippen MR) is 138 cm³/mol. The number of urea groups is 2. The number of carbonyl (C=O) groups excluding carboxylic acids is 2. The molecule has 0 saturated carbocycles. The number of nitrogens with one attached hydrogen (secondary N) is 3. The maximum absolute atomic E-state index is 12.7. The Kier molecular flexibility index (Phi) is 7.67. The maximum Gasteiger partial charge on any atom is 0.321 e. The summed E-state index contributed by atoms with van der Waals surface area (Å²) in [4.78, 5) is 33.7. The lowest BCUT2D eigenvalue weighted by atomic mass is 10.1. The van der Waals surface area contributed by atoms with Crippen LogP contribution in [0.25, 0.3) is 10.9 Å². The number of nitrogens with zero attached hydrogens (tertiary/aromatic N) is 3. The maximum atomic E-state index is 12.7. The average molecular weight is 477 g/mol. The summed E-state index contributed by atoms with van der Waals surface area (Å²) in [7, 11) is 3.39. The van der Waals surface area contributed by atoms with E-state index >= 15 is 0 Å². The Labute approximate surface area is 205 Å². The number of hydrogen-bond donors (Lipinski definition) is 3. The lowest BCUT2D eigenvalue weighted by Gasteiger charge is -2.25. The molecule has 1 aliphatic rings. The highest BCUT2D eigenvalue weighted by Crippen LogP contribution is 2.24. The quantitative estimate of drug-likeness (QED) is 0.480. The minimum absolute atomic E-state index is 0.102. The van der Waals surface area contributed by atoms with Crippen LogP contribution in [0.1, 0.15) is 12.1 Å². The van der Waals surface area contributed by atoms with Gasteiger partial charge in [0.15, 0.2) is 0 Å². The van der Waals surface area contributed by atoms with Crippen LogP contribution in [0, 0.1) is 6.92 Å². The van der Waals surface area contributed by atoms with Crippen LogP contribution < -0.4 is 20.7 Å². The summed E-state index contributed by atoms with van der Waals surface area (Å²) in [5.74, 6) is 0.626. The summed E-state index contributed by atoms with van der Waals surface area (Å²) in [6.07, 6.45) is 0.879. The summed E-state index contributed by atoms with van der Waals surface area (Å²) in [5.41, 5.74) is 3.09. The predicted octanol–water partition coefficient (Wildman–Crippen LogP) is 3.91. The number of methoxy groups -OCH3 is 1. The molecular weight excluding hydrogens is 444 g/mol. The first kappa shape index (κ1) is 24.3. The average Bonchev–Trinajstić information content (AvgIpc) is 3.32. The van der Waals surface area contributed by atoms with E-state index in [1.165, 1.54) is 0 Å². The van der Waals surface area contributed by atoms with Gasteiger partial charge in [-0.25, -0.2) is 9.59 Å². The molecule has 9 nitrogen and oxygen atoms in total. The van der Waals surface area contributed by atoms with Gasteiger partial charge in [-0.15, -0.1) is 0 Å². The number of para-hydroxylation sites is 3. The Morgan fingerprint density at radius 2 is 1.89 bits per heavy atom. The number of rotatable bonds is 7. The van der Waals surface area contributed by atoms with Crippen molar-refractivity contribution in [2.75, 3.05) is 51.0 Å². The first-order valence-corrected chi connectivity index (χ1v) is 11.7. The number of benzene rings is 2. The Hall–Kier alpha value is -3.85. The number of likely N-dealkylation sites (N-methyl/N-ethyl adjacent to an activating group) is 1. The molecule has 1 atom stereocenters. The Morgan fingerprint density at radius 1 is 1.11 bits per heavy atom. The van der Waals surface area contributed by atoms with Crippen LogP contribution >= 0.6 is 0 Å². The van der Waals surface area contributed by atoms with Crippen molar-refractivity contribution in [3.05, 3.63) is 60.3 Å². The summed E-state index contributed by atoms with van der Waals surface area (Å²) in [5, 5.41) is 9.71. The molecule has 3 aromatic rings. The fraction of sp³-hybridized carbons (Fsp3) is 0.346. The number of ether oxygens (including phenoxy) is 1. The minimum Gasteiger partial charge on any atom is -0.495 e. The van der Waals surface area contributed by atoms with Crippen molar-refractivity contribution in [1.82, 2.24) is 20.1 Å². The molecule has 1 fully saturated rings. The van der Waals surface area contributed by atoms with Crippen molar-refractivity contribution >= 4 is 34.3 Å². The molecule has 1 aromatic heterocycles. The van der Waals surface area contributed by atoms with Gasteiger partial charge < -0.3 is 25.6 Å². The van der Waals surface area contributed by atoms with Crippen LogP contribution in [0.3, 0.4) is 0 Å². The molecule has 9 heteroatoms. The van der Waals surface area contributed by atoms with Gasteiger partial charge >= 0.3 is 12.1 Å². The molecule has 4 rings (SSSR count). The van der Waals surface area contributed by atoms with Crippen LogP contribution in [-0.2, 0) is 0 Å². The number of likely N-dealkylation sites (tertiary alicyclic amines) is 1. The first-order valence-electron chi connectivity index (χ1n) is 11.7. The number of fused-ring (bicyclic) bond motifs is 1. The zero-order valence-corrected chi connectivity index (χ0v) is 20.4. The second-order valence-electron chi connectivity index (χ2n) is 8.69. The minimum atomic E-state index is -0.246. The topological polar surface area (TPSA) is 98.8 Å². The zero-order valence-electron chi connectivity index (χ0n) is 20.4. The Bertz CT molecular complexity index is 1200. The fourth-order valence-electron chi connectivity index (χ4n) is 4.35. The molecule has 1 unspecified atom stereocenters. The molecule has 4 amide bonds. The van der Waals surface area contributed by atoms with E-state index in [1.54, 1.807) is 12.0 Å². The first-order chi connectivity index (χ1) is 16.9. The Balaban J connectivity index is 1.23. The number of aryl methyl sites for hydroxylation is 1. The van der Waals surface area contributed by atoms with Crippen molar-refractivity contribution < 1.29 is 14.3 Å². The summed E-state index contributed by atoms with van der Waals surface area (Å²) in [6, 6.07) is 16.7. The van der Waals surface area contributed by atoms with Gasteiger partial charge in [-0.05, 0) is 37.6 Å². The highest BCUT2D eigenvalue weighted by Gasteiger charge is 2.28. The van der Waals surface area contributed by atoms with Gasteiger partial charge in [0.2, 0.25) is 0 Å². The van der Waals surface area contributed by atoms with Crippen molar-refractivity contribution in [2.24, 2.45) is 0 Å². The normalized spacial score (nSPS) is 15.6. The van der Waals surface area contributed by atoms with Gasteiger partial charge in [-0.3, -0.25) is 9.88 Å². The monoisotopic (exact) mass is 476 g/mol. The summed E-state index contributed by atoms with van der Waals surface area (Å²) >= 11 is 0. The number of amides is 4. The number of anilines is 2. The van der Waals surface area contributed by atoms with Crippen molar-refractivity contribution in [3.63, 3.8) is 0 Å². The highest BCUT2D eigenvalue weighted by atomic mass is 16.5. The largest absolute Gasteiger partial charge is 0.495 e. The molecule has 0 bridgehead atoms. The number of pyridine rings is 1. The fourth-order valence-corrected chi connectivity index (χ4v) is 4.35. The van der Waals surface area contributed by atoms with Crippen molar-refractivity contribution in [2.45, 2.75) is 19.4 Å². The highest BCUT2D eigenvalue weighted by molar-refractivity contribution is 6.00. The summed E-state index contributed by atoms with van der Waals surface area (Å²) < 4.78 is 5.31. The number of aromatic nitrogens is 1. The third-order valence-corrected chi connectivity index (χ3v) is 6.27. The van der Waals surface area contributed by atoms with Crippen LogP contribution in [0.4, 0.5) is 21.0 Å².